The van der Waals surface area contributed by atoms with E-state index in [1.54, 1.807) is 7.11 Å². The highest BCUT2D eigenvalue weighted by atomic mass is 16.5. The molecule has 144 valence electrons. The number of rotatable bonds is 4. The van der Waals surface area contributed by atoms with Crippen LogP contribution in [0.3, 0.4) is 0 Å². The molecule has 4 rings (SSSR count). The second-order valence-electron chi connectivity index (χ2n) is 7.58. The summed E-state index contributed by atoms with van der Waals surface area (Å²) in [5.74, 6) is 2.05. The third-order valence-electron chi connectivity index (χ3n) is 5.88. The van der Waals surface area contributed by atoms with E-state index >= 15 is 0 Å². The number of carbonyl (C=O) groups is 1. The smallest absolute Gasteiger partial charge is 0.270 e. The van der Waals surface area contributed by atoms with Crippen LogP contribution in [0.1, 0.15) is 23.3 Å². The Morgan fingerprint density at radius 3 is 2.44 bits per heavy atom. The summed E-state index contributed by atoms with van der Waals surface area (Å²) in [6.45, 7) is 1.42. The number of carbonyl (C=O) groups excluding carboxylic acids is 1. The van der Waals surface area contributed by atoms with E-state index < -0.39 is 6.10 Å². The van der Waals surface area contributed by atoms with Gasteiger partial charge in [-0.05, 0) is 48.9 Å². The number of likely N-dealkylation sites (tertiary alicyclic amines) is 1. The Bertz CT molecular complexity index is 818. The zero-order valence-corrected chi connectivity index (χ0v) is 15.7. The lowest BCUT2D eigenvalue weighted by molar-refractivity contribution is -0.0240. The number of aryl methyl sites for hydroxylation is 1. The zero-order valence-electron chi connectivity index (χ0n) is 15.7. The maximum atomic E-state index is 12.8. The SMILES string of the molecule is COc1ccccc1O[C@@H]1C[C@@H]2CN(C(=O)c3cccn3C)C[C@@H]2C[C@H]1O. The molecule has 0 unspecified atom stereocenters. The summed E-state index contributed by atoms with van der Waals surface area (Å²) in [4.78, 5) is 14.7. The first kappa shape index (κ1) is 17.9. The maximum Gasteiger partial charge on any atom is 0.270 e. The lowest BCUT2D eigenvalue weighted by Gasteiger charge is -2.35. The van der Waals surface area contributed by atoms with E-state index in [0.29, 0.717) is 48.5 Å². The number of aliphatic hydroxyl groups is 1. The fourth-order valence-electron chi connectivity index (χ4n) is 4.41. The average molecular weight is 370 g/mol. The average Bonchev–Trinajstić information content (AvgIpc) is 3.27. The highest BCUT2D eigenvalue weighted by molar-refractivity contribution is 5.93. The summed E-state index contributed by atoms with van der Waals surface area (Å²) >= 11 is 0. The van der Waals surface area contributed by atoms with Crippen LogP contribution in [0, 0.1) is 11.8 Å². The molecule has 0 spiro atoms. The second-order valence-corrected chi connectivity index (χ2v) is 7.58. The summed E-state index contributed by atoms with van der Waals surface area (Å²) < 4.78 is 13.3. The first-order chi connectivity index (χ1) is 13.1. The van der Waals surface area contributed by atoms with Gasteiger partial charge in [-0.3, -0.25) is 4.79 Å². The number of para-hydroxylation sites is 2. The van der Waals surface area contributed by atoms with E-state index in [1.807, 2.05) is 59.1 Å². The Kier molecular flexibility index (Phi) is 4.83. The molecule has 6 heteroatoms. The van der Waals surface area contributed by atoms with E-state index in [0.717, 1.165) is 6.42 Å². The van der Waals surface area contributed by atoms with Crippen molar-refractivity contribution in [3.63, 3.8) is 0 Å². The number of aliphatic hydroxyl groups excluding tert-OH is 1. The minimum atomic E-state index is -0.541. The van der Waals surface area contributed by atoms with Crippen molar-refractivity contribution >= 4 is 5.91 Å². The number of ether oxygens (including phenoxy) is 2. The number of nitrogens with zero attached hydrogens (tertiary/aromatic N) is 2. The molecule has 4 atom stereocenters. The minimum absolute atomic E-state index is 0.0635. The molecule has 1 aromatic heterocycles. The summed E-state index contributed by atoms with van der Waals surface area (Å²) in [5, 5.41) is 10.6. The number of hydrogen-bond acceptors (Lipinski definition) is 4. The van der Waals surface area contributed by atoms with Gasteiger partial charge in [0.05, 0.1) is 13.2 Å². The lowest BCUT2D eigenvalue weighted by Crippen LogP contribution is -2.42. The van der Waals surface area contributed by atoms with Crippen molar-refractivity contribution in [2.75, 3.05) is 20.2 Å². The highest BCUT2D eigenvalue weighted by Gasteiger charge is 2.44. The van der Waals surface area contributed by atoms with Crippen LogP contribution in [0.25, 0.3) is 0 Å². The van der Waals surface area contributed by atoms with Crippen molar-refractivity contribution in [1.29, 1.82) is 0 Å². The molecule has 1 aromatic carbocycles. The molecule has 1 saturated heterocycles. The van der Waals surface area contributed by atoms with Crippen LogP contribution in [-0.2, 0) is 7.05 Å². The van der Waals surface area contributed by atoms with Crippen LogP contribution >= 0.6 is 0 Å². The predicted octanol–water partition coefficient (Wildman–Crippen LogP) is 2.32. The Labute approximate surface area is 159 Å². The topological polar surface area (TPSA) is 63.9 Å². The van der Waals surface area contributed by atoms with E-state index in [9.17, 15) is 9.90 Å². The van der Waals surface area contributed by atoms with Gasteiger partial charge in [0.25, 0.3) is 5.91 Å². The quantitative estimate of drug-likeness (QED) is 0.897. The van der Waals surface area contributed by atoms with Gasteiger partial charge in [-0.15, -0.1) is 0 Å². The highest BCUT2D eigenvalue weighted by Crippen LogP contribution is 2.39. The molecule has 2 aromatic rings. The number of fused-ring (bicyclic) bond motifs is 1. The molecule has 27 heavy (non-hydrogen) atoms. The number of aromatic nitrogens is 1. The van der Waals surface area contributed by atoms with Gasteiger partial charge in [-0.1, -0.05) is 12.1 Å². The molecule has 2 heterocycles. The molecule has 2 aliphatic rings. The van der Waals surface area contributed by atoms with Gasteiger partial charge in [-0.25, -0.2) is 0 Å². The van der Waals surface area contributed by atoms with Crippen LogP contribution in [0.4, 0.5) is 0 Å². The zero-order chi connectivity index (χ0) is 19.0. The van der Waals surface area contributed by atoms with E-state index in [1.165, 1.54) is 0 Å². The molecule has 1 amide bonds. The largest absolute Gasteiger partial charge is 0.493 e. The number of benzene rings is 1. The Morgan fingerprint density at radius 2 is 1.78 bits per heavy atom. The van der Waals surface area contributed by atoms with Gasteiger partial charge >= 0.3 is 0 Å². The van der Waals surface area contributed by atoms with Crippen molar-refractivity contribution in [2.24, 2.45) is 18.9 Å². The van der Waals surface area contributed by atoms with Gasteiger partial charge in [-0.2, -0.15) is 0 Å². The van der Waals surface area contributed by atoms with Crippen molar-refractivity contribution in [2.45, 2.75) is 25.0 Å². The van der Waals surface area contributed by atoms with Gasteiger partial charge < -0.3 is 24.0 Å². The van der Waals surface area contributed by atoms with Crippen molar-refractivity contribution in [3.8, 4) is 11.5 Å². The van der Waals surface area contributed by atoms with E-state index in [2.05, 4.69) is 0 Å². The van der Waals surface area contributed by atoms with E-state index in [-0.39, 0.29) is 12.0 Å². The van der Waals surface area contributed by atoms with Crippen molar-refractivity contribution in [3.05, 3.63) is 48.3 Å². The van der Waals surface area contributed by atoms with Crippen LogP contribution in [0.15, 0.2) is 42.6 Å². The van der Waals surface area contributed by atoms with Crippen LogP contribution in [0.5, 0.6) is 11.5 Å². The van der Waals surface area contributed by atoms with Gasteiger partial charge in [0, 0.05) is 26.3 Å². The maximum absolute atomic E-state index is 12.8. The molecule has 0 radical (unpaired) electrons. The first-order valence-corrected chi connectivity index (χ1v) is 9.45. The van der Waals surface area contributed by atoms with Gasteiger partial charge in [0.2, 0.25) is 0 Å². The predicted molar refractivity (Wildman–Crippen MR) is 101 cm³/mol. The fraction of sp³-hybridized carbons (Fsp3) is 0.476. The second kappa shape index (κ2) is 7.27. The third kappa shape index (κ3) is 3.41. The monoisotopic (exact) mass is 370 g/mol. The first-order valence-electron chi connectivity index (χ1n) is 9.45. The molecule has 1 saturated carbocycles. The Hall–Kier alpha value is -2.47. The summed E-state index contributed by atoms with van der Waals surface area (Å²) in [7, 11) is 3.50. The summed E-state index contributed by atoms with van der Waals surface area (Å²) in [5.41, 5.74) is 0.705. The number of amides is 1. The lowest BCUT2D eigenvalue weighted by atomic mass is 9.78. The summed E-state index contributed by atoms with van der Waals surface area (Å²) in [6, 6.07) is 11.2. The van der Waals surface area contributed by atoms with Crippen molar-refractivity contribution in [1.82, 2.24) is 9.47 Å². The number of hydrogen-bond donors (Lipinski definition) is 1. The number of methoxy groups -OCH3 is 1. The third-order valence-corrected chi connectivity index (χ3v) is 5.88. The Balaban J connectivity index is 1.44. The fourth-order valence-corrected chi connectivity index (χ4v) is 4.41. The molecule has 1 N–H and O–H groups in total. The molecule has 6 nitrogen and oxygen atoms in total. The van der Waals surface area contributed by atoms with E-state index in [4.69, 9.17) is 9.47 Å². The normalized spacial score (nSPS) is 27.3. The molecule has 0 bridgehead atoms. The molecule has 2 fully saturated rings. The van der Waals surface area contributed by atoms with Gasteiger partial charge in [0.1, 0.15) is 11.8 Å². The molecular formula is C21H26N2O4. The minimum Gasteiger partial charge on any atom is -0.493 e. The molecule has 1 aliphatic heterocycles. The van der Waals surface area contributed by atoms with Crippen molar-refractivity contribution < 1.29 is 19.4 Å². The van der Waals surface area contributed by atoms with Crippen LogP contribution in [-0.4, -0.2) is 52.9 Å². The molecular weight excluding hydrogens is 344 g/mol. The van der Waals surface area contributed by atoms with Gasteiger partial charge in [0.15, 0.2) is 11.5 Å². The van der Waals surface area contributed by atoms with Crippen LogP contribution in [0.2, 0.25) is 0 Å². The standard InChI is InChI=1S/C21H26N2O4/c1-22-9-5-6-16(22)21(25)23-12-14-10-17(24)20(11-15(14)13-23)27-19-8-4-3-7-18(19)26-2/h3-9,14-15,17,20,24H,10-13H2,1-2H3/t14-,15+,17+,20+/m0/s1. The molecule has 1 aliphatic carbocycles. The Morgan fingerprint density at radius 1 is 1.07 bits per heavy atom. The summed E-state index contributed by atoms with van der Waals surface area (Å²) in [6.07, 6.45) is 2.45. The van der Waals surface area contributed by atoms with Crippen LogP contribution < -0.4 is 9.47 Å².